The molecule has 1 unspecified atom stereocenters. The van der Waals surface area contributed by atoms with Gasteiger partial charge in [-0.2, -0.15) is 0 Å². The molecule has 48 valence electrons. The zero-order valence-corrected chi connectivity index (χ0v) is 6.71. The van der Waals surface area contributed by atoms with Crippen molar-refractivity contribution >= 4 is 19.8 Å². The molecule has 0 aliphatic heterocycles. The van der Waals surface area contributed by atoms with Crippen LogP contribution in [0.4, 0.5) is 0 Å². The second-order valence-corrected chi connectivity index (χ2v) is 3.03. The van der Waals surface area contributed by atoms with Crippen LogP contribution in [0.1, 0.15) is 0 Å². The molecule has 1 N–H and O–H groups in total. The van der Waals surface area contributed by atoms with Crippen molar-refractivity contribution in [2.45, 2.75) is 4.90 Å². The minimum absolute atomic E-state index is 0.317. The fourth-order valence-corrected chi connectivity index (χ4v) is 1.29. The normalized spacial score (nSPS) is 9.44. The van der Waals surface area contributed by atoms with Crippen LogP contribution in [-0.2, 0) is 0 Å². The number of hydrogen-bond acceptors (Lipinski definition) is 2. The first-order valence-electron chi connectivity index (χ1n) is 2.48. The summed E-state index contributed by atoms with van der Waals surface area (Å²) in [5, 5.41) is 8.84. The van der Waals surface area contributed by atoms with Gasteiger partial charge in [0.15, 0.2) is 0 Å². The fraction of sp³-hybridized carbons (Fsp3) is 0. The highest BCUT2D eigenvalue weighted by Gasteiger charge is 1.87. The van der Waals surface area contributed by atoms with Crippen LogP contribution in [0.3, 0.4) is 0 Å². The van der Waals surface area contributed by atoms with Gasteiger partial charge < -0.3 is 5.11 Å². The number of rotatable bonds is 1. The summed E-state index contributed by atoms with van der Waals surface area (Å²) in [5.41, 5.74) is 0. The Morgan fingerprint density at radius 1 is 1.22 bits per heavy atom. The molecule has 0 amide bonds. The van der Waals surface area contributed by atoms with Crippen molar-refractivity contribution < 1.29 is 5.11 Å². The van der Waals surface area contributed by atoms with Gasteiger partial charge in [-0.25, -0.2) is 0 Å². The minimum atomic E-state index is 0.317. The largest absolute Gasteiger partial charge is 0.508 e. The van der Waals surface area contributed by atoms with Crippen LogP contribution in [0.25, 0.3) is 0 Å². The molecule has 1 rings (SSSR count). The number of aromatic hydroxyl groups is 1. The SMILES string of the molecule is Oc1ccc(SP)cc1. The molecule has 0 saturated heterocycles. The van der Waals surface area contributed by atoms with Gasteiger partial charge in [-0.05, 0) is 24.3 Å². The monoisotopic (exact) mass is 158 g/mol. The quantitative estimate of drug-likeness (QED) is 0.632. The van der Waals surface area contributed by atoms with Crippen LogP contribution < -0.4 is 0 Å². The zero-order chi connectivity index (χ0) is 6.69. The maximum absolute atomic E-state index is 8.84. The van der Waals surface area contributed by atoms with Gasteiger partial charge in [0.2, 0.25) is 0 Å². The van der Waals surface area contributed by atoms with Crippen molar-refractivity contribution in [3.05, 3.63) is 24.3 Å². The minimum Gasteiger partial charge on any atom is -0.508 e. The van der Waals surface area contributed by atoms with Crippen molar-refractivity contribution in [3.8, 4) is 5.75 Å². The highest BCUT2D eigenvalue weighted by Crippen LogP contribution is 2.25. The summed E-state index contributed by atoms with van der Waals surface area (Å²) < 4.78 is 0. The van der Waals surface area contributed by atoms with E-state index in [1.807, 2.05) is 12.1 Å². The summed E-state index contributed by atoms with van der Waals surface area (Å²) in [4.78, 5) is 1.14. The van der Waals surface area contributed by atoms with E-state index in [0.29, 0.717) is 5.75 Å². The van der Waals surface area contributed by atoms with Crippen molar-refractivity contribution in [1.82, 2.24) is 0 Å². The van der Waals surface area contributed by atoms with Crippen LogP contribution in [0.15, 0.2) is 29.2 Å². The lowest BCUT2D eigenvalue weighted by Gasteiger charge is -1.93. The second-order valence-electron chi connectivity index (χ2n) is 1.61. The van der Waals surface area contributed by atoms with E-state index in [1.54, 1.807) is 23.5 Å². The van der Waals surface area contributed by atoms with Crippen molar-refractivity contribution in [3.63, 3.8) is 0 Å². The van der Waals surface area contributed by atoms with Gasteiger partial charge in [0, 0.05) is 4.90 Å². The summed E-state index contributed by atoms with van der Waals surface area (Å²) >= 11 is 1.58. The fourth-order valence-electron chi connectivity index (χ4n) is 0.525. The van der Waals surface area contributed by atoms with E-state index in [4.69, 9.17) is 5.11 Å². The number of phenolic OH excluding ortho intramolecular Hbond substituents is 1. The maximum Gasteiger partial charge on any atom is 0.115 e. The summed E-state index contributed by atoms with van der Waals surface area (Å²) in [7, 11) is 2.54. The van der Waals surface area contributed by atoms with Gasteiger partial charge in [-0.1, -0.05) is 8.44 Å². The van der Waals surface area contributed by atoms with Gasteiger partial charge in [-0.15, -0.1) is 11.4 Å². The van der Waals surface area contributed by atoms with Gasteiger partial charge in [0.05, 0.1) is 0 Å². The molecular weight excluding hydrogens is 151 g/mol. The predicted octanol–water partition coefficient (Wildman–Crippen LogP) is 2.27. The summed E-state index contributed by atoms with van der Waals surface area (Å²) in [6.45, 7) is 0. The topological polar surface area (TPSA) is 20.2 Å². The van der Waals surface area contributed by atoms with E-state index >= 15 is 0 Å². The Labute approximate surface area is 60.4 Å². The van der Waals surface area contributed by atoms with Gasteiger partial charge in [0.25, 0.3) is 0 Å². The molecule has 0 aliphatic carbocycles. The van der Waals surface area contributed by atoms with Crippen LogP contribution in [-0.4, -0.2) is 5.11 Å². The molecule has 1 aromatic carbocycles. The average Bonchev–Trinajstić information content (AvgIpc) is 1.90. The van der Waals surface area contributed by atoms with E-state index in [0.717, 1.165) is 4.90 Å². The van der Waals surface area contributed by atoms with Gasteiger partial charge in [-0.3, -0.25) is 0 Å². The van der Waals surface area contributed by atoms with Crippen molar-refractivity contribution in [2.75, 3.05) is 0 Å². The molecule has 0 radical (unpaired) electrons. The summed E-state index contributed by atoms with van der Waals surface area (Å²) in [6.07, 6.45) is 0. The Bertz CT molecular complexity index is 185. The molecule has 3 heteroatoms. The molecule has 0 fully saturated rings. The summed E-state index contributed by atoms with van der Waals surface area (Å²) in [6, 6.07) is 7.08. The first kappa shape index (κ1) is 6.91. The molecule has 1 nitrogen and oxygen atoms in total. The lowest BCUT2D eigenvalue weighted by molar-refractivity contribution is 0.475. The third-order valence-electron chi connectivity index (χ3n) is 0.973. The lowest BCUT2D eigenvalue weighted by Crippen LogP contribution is -1.64. The second kappa shape index (κ2) is 3.09. The zero-order valence-electron chi connectivity index (χ0n) is 4.74. The Hall–Kier alpha value is -0.200. The average molecular weight is 158 g/mol. The van der Waals surface area contributed by atoms with Gasteiger partial charge in [0.1, 0.15) is 5.75 Å². The molecule has 1 atom stereocenters. The molecule has 0 spiro atoms. The predicted molar refractivity (Wildman–Crippen MR) is 43.7 cm³/mol. The molecule has 0 heterocycles. The van der Waals surface area contributed by atoms with Crippen LogP contribution in [0.2, 0.25) is 0 Å². The Balaban J connectivity index is 2.88. The number of benzene rings is 1. The number of hydrogen-bond donors (Lipinski definition) is 1. The van der Waals surface area contributed by atoms with Crippen molar-refractivity contribution in [1.29, 1.82) is 0 Å². The Morgan fingerprint density at radius 3 is 2.22 bits per heavy atom. The van der Waals surface area contributed by atoms with Crippen molar-refractivity contribution in [2.24, 2.45) is 0 Å². The number of phenols is 1. The van der Waals surface area contributed by atoms with Gasteiger partial charge >= 0.3 is 0 Å². The molecule has 0 aliphatic rings. The standard InChI is InChI=1S/C6H7OPS/c7-5-1-3-6(9-8)4-2-5/h1-4,7H,8H2. The highest BCUT2D eigenvalue weighted by molar-refractivity contribution is 8.43. The lowest BCUT2D eigenvalue weighted by atomic mass is 10.3. The van der Waals surface area contributed by atoms with E-state index < -0.39 is 0 Å². The molecule has 0 saturated carbocycles. The molecular formula is C6H7OPS. The van der Waals surface area contributed by atoms with E-state index in [-0.39, 0.29) is 0 Å². The molecule has 0 aromatic heterocycles. The van der Waals surface area contributed by atoms with E-state index in [9.17, 15) is 0 Å². The smallest absolute Gasteiger partial charge is 0.115 e. The first-order valence-corrected chi connectivity index (χ1v) is 4.78. The highest BCUT2D eigenvalue weighted by atomic mass is 32.7. The van der Waals surface area contributed by atoms with Crippen LogP contribution in [0.5, 0.6) is 5.75 Å². The summed E-state index contributed by atoms with van der Waals surface area (Å²) in [5.74, 6) is 0.317. The van der Waals surface area contributed by atoms with Crippen LogP contribution >= 0.6 is 19.8 Å². The Morgan fingerprint density at radius 2 is 1.78 bits per heavy atom. The third kappa shape index (κ3) is 1.88. The van der Waals surface area contributed by atoms with E-state index in [1.165, 1.54) is 0 Å². The molecule has 1 aromatic rings. The van der Waals surface area contributed by atoms with Crippen LogP contribution in [0, 0.1) is 0 Å². The Kier molecular flexibility index (Phi) is 2.38. The molecule has 9 heavy (non-hydrogen) atoms. The third-order valence-corrected chi connectivity index (χ3v) is 2.33. The molecule has 0 bridgehead atoms. The van der Waals surface area contributed by atoms with E-state index in [2.05, 4.69) is 8.44 Å². The maximum atomic E-state index is 8.84. The first-order chi connectivity index (χ1) is 4.33.